The van der Waals surface area contributed by atoms with Crippen molar-refractivity contribution >= 4 is 28.2 Å². The number of nitrogens with one attached hydrogen (secondary N) is 2. The van der Waals surface area contributed by atoms with Gasteiger partial charge in [0.15, 0.2) is 9.84 Å². The molecule has 0 aromatic heterocycles. The summed E-state index contributed by atoms with van der Waals surface area (Å²) in [6.07, 6.45) is 4.32. The Morgan fingerprint density at radius 3 is 2.58 bits per heavy atom. The van der Waals surface area contributed by atoms with Gasteiger partial charge in [-0.3, -0.25) is 4.79 Å². The summed E-state index contributed by atoms with van der Waals surface area (Å²) in [6.45, 7) is 4.55. The van der Waals surface area contributed by atoms with Crippen LogP contribution < -0.4 is 15.4 Å². The Morgan fingerprint density at radius 1 is 1.27 bits per heavy atom. The summed E-state index contributed by atoms with van der Waals surface area (Å²) in [4.78, 5) is 12.3. The Hall–Kier alpha value is -1.31. The molecule has 8 heteroatoms. The Kier molecular flexibility index (Phi) is 9.39. The molecule has 1 amide bonds. The Bertz CT molecular complexity index is 664. The second-order valence-corrected chi connectivity index (χ2v) is 8.71. The fourth-order valence-electron chi connectivity index (χ4n) is 2.82. The highest BCUT2D eigenvalue weighted by Gasteiger charge is 2.22. The molecule has 2 rings (SSSR count). The highest BCUT2D eigenvalue weighted by atomic mass is 35.5. The third kappa shape index (κ3) is 7.51. The standard InChI is InChI=1S/C18H28N2O4S.ClH/c1-14-10-11-19-13-17(14)20-18(21)5-3-4-12-24-15-6-8-16(9-7-15)25(2,22)23;/h6-9,14,17,19H,3-5,10-13H2,1-2H3,(H,20,21);1H. The van der Waals surface area contributed by atoms with Crippen LogP contribution in [0.1, 0.15) is 32.6 Å². The van der Waals surface area contributed by atoms with Crippen LogP contribution in [-0.4, -0.2) is 46.3 Å². The lowest BCUT2D eigenvalue weighted by molar-refractivity contribution is -0.122. The second kappa shape index (κ2) is 10.7. The van der Waals surface area contributed by atoms with Gasteiger partial charge in [0.25, 0.3) is 0 Å². The van der Waals surface area contributed by atoms with Crippen molar-refractivity contribution in [2.24, 2.45) is 5.92 Å². The molecule has 0 saturated carbocycles. The molecule has 0 radical (unpaired) electrons. The first-order valence-corrected chi connectivity index (χ1v) is 10.7. The molecule has 1 heterocycles. The van der Waals surface area contributed by atoms with E-state index in [0.717, 1.165) is 32.4 Å². The van der Waals surface area contributed by atoms with Crippen LogP contribution in [0.15, 0.2) is 29.2 Å². The van der Waals surface area contributed by atoms with E-state index in [1.54, 1.807) is 12.1 Å². The zero-order valence-electron chi connectivity index (χ0n) is 15.4. The van der Waals surface area contributed by atoms with Gasteiger partial charge in [0.2, 0.25) is 5.91 Å². The maximum atomic E-state index is 12.0. The second-order valence-electron chi connectivity index (χ2n) is 6.69. The van der Waals surface area contributed by atoms with Gasteiger partial charge < -0.3 is 15.4 Å². The molecule has 0 spiro atoms. The number of ether oxygens (including phenoxy) is 1. The fourth-order valence-corrected chi connectivity index (χ4v) is 3.45. The van der Waals surface area contributed by atoms with Crippen molar-refractivity contribution in [1.82, 2.24) is 10.6 Å². The van der Waals surface area contributed by atoms with Crippen molar-refractivity contribution in [2.45, 2.75) is 43.5 Å². The van der Waals surface area contributed by atoms with E-state index in [2.05, 4.69) is 17.6 Å². The van der Waals surface area contributed by atoms with Crippen molar-refractivity contribution in [2.75, 3.05) is 26.0 Å². The number of unbranched alkanes of at least 4 members (excludes halogenated alkanes) is 1. The highest BCUT2D eigenvalue weighted by Crippen LogP contribution is 2.16. The minimum atomic E-state index is -3.18. The maximum absolute atomic E-state index is 12.0. The Morgan fingerprint density at radius 2 is 1.96 bits per heavy atom. The van der Waals surface area contributed by atoms with E-state index in [-0.39, 0.29) is 29.3 Å². The lowest BCUT2D eigenvalue weighted by Crippen LogP contribution is -2.50. The number of carbonyl (C=O) groups excluding carboxylic acids is 1. The maximum Gasteiger partial charge on any atom is 0.220 e. The van der Waals surface area contributed by atoms with E-state index in [1.807, 2.05) is 0 Å². The molecule has 148 valence electrons. The molecule has 6 nitrogen and oxygen atoms in total. The number of hydrogen-bond acceptors (Lipinski definition) is 5. The van der Waals surface area contributed by atoms with Gasteiger partial charge in [-0.25, -0.2) is 8.42 Å². The number of halogens is 1. The number of hydrogen-bond donors (Lipinski definition) is 2. The van der Waals surface area contributed by atoms with Crippen LogP contribution >= 0.6 is 12.4 Å². The van der Waals surface area contributed by atoms with E-state index in [9.17, 15) is 13.2 Å². The molecule has 1 aliphatic rings. The van der Waals surface area contributed by atoms with Gasteiger partial charge >= 0.3 is 0 Å². The number of amides is 1. The summed E-state index contributed by atoms with van der Waals surface area (Å²) in [5.41, 5.74) is 0. The number of benzene rings is 1. The SMILES string of the molecule is CC1CCNCC1NC(=O)CCCCOc1ccc(S(C)(=O)=O)cc1.Cl. The quantitative estimate of drug-likeness (QED) is 0.648. The normalized spacial score (nSPS) is 20.1. The molecular weight excluding hydrogens is 376 g/mol. The fraction of sp³-hybridized carbons (Fsp3) is 0.611. The summed E-state index contributed by atoms with van der Waals surface area (Å²) in [5, 5.41) is 6.40. The largest absolute Gasteiger partial charge is 0.494 e. The number of piperidine rings is 1. The third-order valence-corrected chi connectivity index (χ3v) is 5.62. The van der Waals surface area contributed by atoms with Crippen molar-refractivity contribution in [3.63, 3.8) is 0 Å². The van der Waals surface area contributed by atoms with Gasteiger partial charge in [-0.15, -0.1) is 12.4 Å². The molecule has 0 aliphatic carbocycles. The zero-order valence-corrected chi connectivity index (χ0v) is 17.0. The lowest BCUT2D eigenvalue weighted by atomic mass is 9.94. The van der Waals surface area contributed by atoms with E-state index in [4.69, 9.17) is 4.74 Å². The van der Waals surface area contributed by atoms with Crippen LogP contribution in [0.3, 0.4) is 0 Å². The van der Waals surface area contributed by atoms with Crippen LogP contribution in [0.2, 0.25) is 0 Å². The average molecular weight is 405 g/mol. The van der Waals surface area contributed by atoms with Gasteiger partial charge in [-0.05, 0) is 56.0 Å². The summed E-state index contributed by atoms with van der Waals surface area (Å²) in [7, 11) is -3.18. The van der Waals surface area contributed by atoms with Crippen LogP contribution in [0, 0.1) is 5.92 Å². The van der Waals surface area contributed by atoms with Gasteiger partial charge in [0.05, 0.1) is 11.5 Å². The average Bonchev–Trinajstić information content (AvgIpc) is 2.56. The van der Waals surface area contributed by atoms with Crippen LogP contribution in [0.4, 0.5) is 0 Å². The highest BCUT2D eigenvalue weighted by molar-refractivity contribution is 7.90. The number of rotatable bonds is 8. The van der Waals surface area contributed by atoms with Crippen molar-refractivity contribution in [3.8, 4) is 5.75 Å². The topological polar surface area (TPSA) is 84.5 Å². The first-order valence-electron chi connectivity index (χ1n) is 8.79. The van der Waals surface area contributed by atoms with Crippen LogP contribution in [-0.2, 0) is 14.6 Å². The van der Waals surface area contributed by atoms with Crippen molar-refractivity contribution < 1.29 is 17.9 Å². The van der Waals surface area contributed by atoms with E-state index in [0.29, 0.717) is 24.7 Å². The number of carbonyl (C=O) groups is 1. The Balaban J connectivity index is 0.00000338. The van der Waals surface area contributed by atoms with Crippen LogP contribution in [0.25, 0.3) is 0 Å². The van der Waals surface area contributed by atoms with Gasteiger partial charge in [-0.1, -0.05) is 6.92 Å². The molecule has 0 bridgehead atoms. The van der Waals surface area contributed by atoms with Crippen molar-refractivity contribution in [3.05, 3.63) is 24.3 Å². The first-order chi connectivity index (χ1) is 11.9. The zero-order chi connectivity index (χ0) is 18.3. The lowest BCUT2D eigenvalue weighted by Gasteiger charge is -2.30. The van der Waals surface area contributed by atoms with Gasteiger partial charge in [-0.2, -0.15) is 0 Å². The molecule has 26 heavy (non-hydrogen) atoms. The molecule has 2 N–H and O–H groups in total. The predicted molar refractivity (Wildman–Crippen MR) is 105 cm³/mol. The molecule has 1 fully saturated rings. The van der Waals surface area contributed by atoms with Crippen molar-refractivity contribution in [1.29, 1.82) is 0 Å². The van der Waals surface area contributed by atoms with E-state index >= 15 is 0 Å². The van der Waals surface area contributed by atoms with E-state index in [1.165, 1.54) is 18.4 Å². The van der Waals surface area contributed by atoms with Gasteiger partial charge in [0.1, 0.15) is 5.75 Å². The predicted octanol–water partition coefficient (Wildman–Crippen LogP) is 2.18. The van der Waals surface area contributed by atoms with Gasteiger partial charge in [0, 0.05) is 25.3 Å². The molecule has 1 aromatic rings. The number of sulfone groups is 1. The van der Waals surface area contributed by atoms with E-state index < -0.39 is 9.84 Å². The molecule has 1 aliphatic heterocycles. The molecule has 1 aromatic carbocycles. The minimum absolute atomic E-state index is 0. The Labute approximate surface area is 162 Å². The third-order valence-electron chi connectivity index (χ3n) is 4.49. The minimum Gasteiger partial charge on any atom is -0.494 e. The van der Waals surface area contributed by atoms with Crippen LogP contribution in [0.5, 0.6) is 5.75 Å². The smallest absolute Gasteiger partial charge is 0.220 e. The summed E-state index contributed by atoms with van der Waals surface area (Å²) in [5.74, 6) is 1.25. The summed E-state index contributed by atoms with van der Waals surface area (Å²) < 4.78 is 28.4. The summed E-state index contributed by atoms with van der Waals surface area (Å²) >= 11 is 0. The molecule has 1 saturated heterocycles. The first kappa shape index (κ1) is 22.7. The monoisotopic (exact) mass is 404 g/mol. The summed E-state index contributed by atoms with van der Waals surface area (Å²) in [6, 6.07) is 6.61. The molecular formula is C18H29ClN2O4S. The molecule has 2 unspecified atom stereocenters. The molecule has 2 atom stereocenters.